The second kappa shape index (κ2) is 11.8. The first-order valence-electron chi connectivity index (χ1n) is 11.9. The standard InChI is InChI=1S/C27H27FN4O6/c1-16-5-10-22(21(28)12-16)30-25(35)23(13-18-4-2-3-11-29-18)32-26(36)24(31-27(32)37)17-6-8-20(9-7-17)38-15-19(34)14-33/h2-12,19,23-24,33-34H,13-15H2,1H3,(H,30,35)(H,31,37)/t19?,23?,24-/m1/s1. The number of urea groups is 1. The van der Waals surface area contributed by atoms with Gasteiger partial charge in [-0.3, -0.25) is 14.6 Å². The summed E-state index contributed by atoms with van der Waals surface area (Å²) in [5.41, 5.74) is 1.51. The van der Waals surface area contributed by atoms with Gasteiger partial charge in [-0.15, -0.1) is 0 Å². The zero-order valence-electron chi connectivity index (χ0n) is 20.5. The molecule has 4 rings (SSSR count). The molecular weight excluding hydrogens is 495 g/mol. The number of pyridine rings is 1. The molecule has 0 saturated carbocycles. The number of halogens is 1. The van der Waals surface area contributed by atoms with Crippen LogP contribution in [0, 0.1) is 12.7 Å². The van der Waals surface area contributed by atoms with Gasteiger partial charge in [0, 0.05) is 18.3 Å². The highest BCUT2D eigenvalue weighted by Crippen LogP contribution is 2.27. The Balaban J connectivity index is 1.56. The Kier molecular flexibility index (Phi) is 8.29. The number of aliphatic hydroxyl groups is 2. The predicted octanol–water partition coefficient (Wildman–Crippen LogP) is 2.10. The van der Waals surface area contributed by atoms with Gasteiger partial charge in [0.25, 0.3) is 5.91 Å². The van der Waals surface area contributed by atoms with E-state index in [1.54, 1.807) is 55.5 Å². The van der Waals surface area contributed by atoms with E-state index in [1.165, 1.54) is 18.3 Å². The van der Waals surface area contributed by atoms with E-state index in [9.17, 15) is 23.9 Å². The number of carbonyl (C=O) groups is 3. The number of imide groups is 1. The summed E-state index contributed by atoms with van der Waals surface area (Å²) in [5.74, 6) is -1.64. The van der Waals surface area contributed by atoms with Gasteiger partial charge in [-0.2, -0.15) is 0 Å². The molecule has 3 atom stereocenters. The molecule has 4 amide bonds. The van der Waals surface area contributed by atoms with Gasteiger partial charge in [0.2, 0.25) is 5.91 Å². The number of amides is 4. The molecule has 1 aromatic heterocycles. The first-order chi connectivity index (χ1) is 18.3. The van der Waals surface area contributed by atoms with Gasteiger partial charge in [0.05, 0.1) is 12.3 Å². The molecular formula is C27H27FN4O6. The number of benzene rings is 2. The number of ether oxygens (including phenoxy) is 1. The summed E-state index contributed by atoms with van der Waals surface area (Å²) < 4.78 is 19.8. The molecule has 0 radical (unpaired) electrons. The van der Waals surface area contributed by atoms with E-state index < -0.39 is 48.5 Å². The number of aryl methyl sites for hydroxylation is 1. The number of nitrogens with one attached hydrogen (secondary N) is 2. The summed E-state index contributed by atoms with van der Waals surface area (Å²) in [7, 11) is 0. The lowest BCUT2D eigenvalue weighted by molar-refractivity contribution is -0.134. The number of anilines is 1. The molecule has 2 unspecified atom stereocenters. The van der Waals surface area contributed by atoms with Gasteiger partial charge in [0.1, 0.15) is 36.4 Å². The molecule has 0 bridgehead atoms. The van der Waals surface area contributed by atoms with Crippen LogP contribution in [0.2, 0.25) is 0 Å². The average Bonchev–Trinajstić information content (AvgIpc) is 3.21. The Morgan fingerprint density at radius 3 is 2.61 bits per heavy atom. The summed E-state index contributed by atoms with van der Waals surface area (Å²) in [6.45, 7) is 1.15. The van der Waals surface area contributed by atoms with E-state index in [-0.39, 0.29) is 18.7 Å². The third kappa shape index (κ3) is 6.13. The molecule has 10 nitrogen and oxygen atoms in total. The van der Waals surface area contributed by atoms with Crippen molar-refractivity contribution in [3.05, 3.63) is 89.5 Å². The van der Waals surface area contributed by atoms with Gasteiger partial charge in [0.15, 0.2) is 0 Å². The van der Waals surface area contributed by atoms with Crippen LogP contribution in [0.4, 0.5) is 14.9 Å². The fourth-order valence-electron chi connectivity index (χ4n) is 3.97. The molecule has 4 N–H and O–H groups in total. The summed E-state index contributed by atoms with van der Waals surface area (Å²) in [6.07, 6.45) is 0.419. The molecule has 1 fully saturated rings. The summed E-state index contributed by atoms with van der Waals surface area (Å²) in [5, 5.41) is 23.4. The molecule has 3 aromatic rings. The van der Waals surface area contributed by atoms with E-state index in [0.717, 1.165) is 4.90 Å². The van der Waals surface area contributed by atoms with Crippen molar-refractivity contribution in [2.75, 3.05) is 18.5 Å². The number of hydrogen-bond acceptors (Lipinski definition) is 7. The van der Waals surface area contributed by atoms with Crippen LogP contribution in [0.1, 0.15) is 22.9 Å². The molecule has 1 saturated heterocycles. The molecule has 1 aliphatic heterocycles. The van der Waals surface area contributed by atoms with E-state index >= 15 is 0 Å². The first kappa shape index (κ1) is 26.7. The van der Waals surface area contributed by atoms with Crippen molar-refractivity contribution in [1.82, 2.24) is 15.2 Å². The maximum Gasteiger partial charge on any atom is 0.325 e. The number of aromatic nitrogens is 1. The van der Waals surface area contributed by atoms with E-state index in [1.807, 2.05) is 0 Å². The lowest BCUT2D eigenvalue weighted by atomic mass is 10.0. The zero-order valence-corrected chi connectivity index (χ0v) is 20.5. The Morgan fingerprint density at radius 1 is 1.18 bits per heavy atom. The Hall–Kier alpha value is -4.35. The third-order valence-electron chi connectivity index (χ3n) is 5.96. The average molecular weight is 523 g/mol. The number of hydrogen-bond donors (Lipinski definition) is 4. The van der Waals surface area contributed by atoms with E-state index in [2.05, 4.69) is 15.6 Å². The van der Waals surface area contributed by atoms with Crippen LogP contribution in [0.25, 0.3) is 0 Å². The van der Waals surface area contributed by atoms with Gasteiger partial charge in [-0.1, -0.05) is 24.3 Å². The van der Waals surface area contributed by atoms with Crippen molar-refractivity contribution in [2.45, 2.75) is 31.5 Å². The number of aliphatic hydroxyl groups excluding tert-OH is 2. The smallest absolute Gasteiger partial charge is 0.325 e. The Labute approximate surface area is 218 Å². The zero-order chi connectivity index (χ0) is 27.2. The second-order valence-corrected chi connectivity index (χ2v) is 8.82. The number of nitrogens with zero attached hydrogens (tertiary/aromatic N) is 2. The number of carbonyl (C=O) groups excluding carboxylic acids is 3. The lowest BCUT2D eigenvalue weighted by Gasteiger charge is -2.24. The van der Waals surface area contributed by atoms with Crippen molar-refractivity contribution in [2.24, 2.45) is 0 Å². The topological polar surface area (TPSA) is 141 Å². The first-order valence-corrected chi connectivity index (χ1v) is 11.9. The maximum atomic E-state index is 14.4. The Morgan fingerprint density at radius 2 is 1.95 bits per heavy atom. The molecule has 0 spiro atoms. The summed E-state index contributed by atoms with van der Waals surface area (Å²) in [6, 6.07) is 12.5. The highest BCUT2D eigenvalue weighted by Gasteiger charge is 2.45. The van der Waals surface area contributed by atoms with Gasteiger partial charge < -0.3 is 25.6 Å². The van der Waals surface area contributed by atoms with Crippen molar-refractivity contribution in [3.63, 3.8) is 0 Å². The van der Waals surface area contributed by atoms with E-state index in [4.69, 9.17) is 9.84 Å². The molecule has 1 aliphatic rings. The normalized spacial score (nSPS) is 16.6. The minimum absolute atomic E-state index is 0.0721. The maximum absolute atomic E-state index is 14.4. The SMILES string of the molecule is Cc1ccc(NC(=O)C(Cc2ccccn2)N2C(=O)N[C@H](c3ccc(OCC(O)CO)cc3)C2=O)c(F)c1. The van der Waals surface area contributed by atoms with Crippen LogP contribution in [0.3, 0.4) is 0 Å². The largest absolute Gasteiger partial charge is 0.491 e. The van der Waals surface area contributed by atoms with Crippen molar-refractivity contribution < 1.29 is 33.7 Å². The highest BCUT2D eigenvalue weighted by atomic mass is 19.1. The molecule has 38 heavy (non-hydrogen) atoms. The minimum atomic E-state index is -1.30. The monoisotopic (exact) mass is 522 g/mol. The van der Waals surface area contributed by atoms with Gasteiger partial charge in [-0.05, 0) is 54.4 Å². The quantitative estimate of drug-likeness (QED) is 0.299. The summed E-state index contributed by atoms with van der Waals surface area (Å²) in [4.78, 5) is 44.8. The Bertz CT molecular complexity index is 1300. The van der Waals surface area contributed by atoms with Crippen molar-refractivity contribution >= 4 is 23.5 Å². The van der Waals surface area contributed by atoms with Crippen LogP contribution in [0.15, 0.2) is 66.9 Å². The lowest BCUT2D eigenvalue weighted by Crippen LogP contribution is -2.49. The van der Waals surface area contributed by atoms with Crippen LogP contribution in [-0.4, -0.2) is 63.3 Å². The van der Waals surface area contributed by atoms with Gasteiger partial charge >= 0.3 is 6.03 Å². The highest BCUT2D eigenvalue weighted by molar-refractivity contribution is 6.09. The molecule has 198 valence electrons. The van der Waals surface area contributed by atoms with Crippen molar-refractivity contribution in [3.8, 4) is 5.75 Å². The van der Waals surface area contributed by atoms with Crippen LogP contribution in [-0.2, 0) is 16.0 Å². The van der Waals surface area contributed by atoms with Crippen LogP contribution in [0.5, 0.6) is 5.75 Å². The van der Waals surface area contributed by atoms with Gasteiger partial charge in [-0.25, -0.2) is 14.1 Å². The number of rotatable bonds is 10. The molecule has 2 heterocycles. The molecule has 11 heteroatoms. The van der Waals surface area contributed by atoms with Crippen molar-refractivity contribution in [1.29, 1.82) is 0 Å². The minimum Gasteiger partial charge on any atom is -0.491 e. The fourth-order valence-corrected chi connectivity index (χ4v) is 3.97. The summed E-state index contributed by atoms with van der Waals surface area (Å²) >= 11 is 0. The second-order valence-electron chi connectivity index (χ2n) is 8.82. The fraction of sp³-hybridized carbons (Fsp3) is 0.259. The molecule has 0 aliphatic carbocycles. The third-order valence-corrected chi connectivity index (χ3v) is 5.96. The van der Waals surface area contributed by atoms with E-state index in [0.29, 0.717) is 22.6 Å². The predicted molar refractivity (Wildman–Crippen MR) is 135 cm³/mol. The van der Waals surface area contributed by atoms with Crippen LogP contribution >= 0.6 is 0 Å². The molecule has 2 aromatic carbocycles. The van der Waals surface area contributed by atoms with Crippen LogP contribution < -0.4 is 15.4 Å².